The standard InChI is InChI=1S/C26H22F3N3/c1-3-5-22(25(29)17(2)27)26-30-23-12-13-32(16-24(23)31-26)15-18-8-10-19(11-9-18)20-6-4-7-21(28)14-20/h3-14,16-17H,15H2,1-2H3/b5-3-,25-22-. The Kier molecular flexibility index (Phi) is 6.21. The molecule has 1 atom stereocenters. The summed E-state index contributed by atoms with van der Waals surface area (Å²) in [6, 6.07) is 16.2. The van der Waals surface area contributed by atoms with Gasteiger partial charge in [0.25, 0.3) is 0 Å². The largest absolute Gasteiger partial charge is 0.348 e. The fourth-order valence-corrected chi connectivity index (χ4v) is 3.49. The minimum atomic E-state index is -1.73. The normalized spacial score (nSPS) is 13.5. The van der Waals surface area contributed by atoms with Gasteiger partial charge in [0.1, 0.15) is 23.5 Å². The Labute approximate surface area is 184 Å². The number of rotatable bonds is 6. The topological polar surface area (TPSA) is 30.7 Å². The number of benzene rings is 2. The highest BCUT2D eigenvalue weighted by Gasteiger charge is 2.19. The van der Waals surface area contributed by atoms with Crippen molar-refractivity contribution in [3.05, 3.63) is 102 Å². The summed E-state index contributed by atoms with van der Waals surface area (Å²) in [5.41, 5.74) is 4.08. The number of pyridine rings is 1. The lowest BCUT2D eigenvalue weighted by atomic mass is 10.0. The lowest BCUT2D eigenvalue weighted by Crippen LogP contribution is -2.00. The first-order valence-electron chi connectivity index (χ1n) is 10.3. The van der Waals surface area contributed by atoms with Gasteiger partial charge in [-0.3, -0.25) is 0 Å². The predicted octanol–water partition coefficient (Wildman–Crippen LogP) is 6.85. The van der Waals surface area contributed by atoms with Crippen LogP contribution >= 0.6 is 0 Å². The number of allylic oxidation sites excluding steroid dienone is 4. The molecule has 2 heterocycles. The lowest BCUT2D eigenvalue weighted by Gasteiger charge is -2.09. The molecule has 0 aromatic heterocycles. The quantitative estimate of drug-likeness (QED) is 0.311. The summed E-state index contributed by atoms with van der Waals surface area (Å²) in [5.74, 6) is -0.985. The monoisotopic (exact) mass is 433 g/mol. The van der Waals surface area contributed by atoms with Crippen molar-refractivity contribution in [2.75, 3.05) is 0 Å². The van der Waals surface area contributed by atoms with Gasteiger partial charge >= 0.3 is 0 Å². The second kappa shape index (κ2) is 9.22. The molecule has 0 aliphatic carbocycles. The van der Waals surface area contributed by atoms with E-state index >= 15 is 0 Å². The van der Waals surface area contributed by atoms with Crippen LogP contribution in [-0.2, 0) is 6.54 Å². The van der Waals surface area contributed by atoms with E-state index in [2.05, 4.69) is 9.97 Å². The first-order chi connectivity index (χ1) is 15.4. The minimum Gasteiger partial charge on any atom is -0.348 e. The molecule has 2 aromatic carbocycles. The van der Waals surface area contributed by atoms with Crippen molar-refractivity contribution in [2.24, 2.45) is 0 Å². The number of nitrogens with zero attached hydrogens (tertiary/aromatic N) is 3. The highest BCUT2D eigenvalue weighted by atomic mass is 19.2. The predicted molar refractivity (Wildman–Crippen MR) is 121 cm³/mol. The molecule has 3 nitrogen and oxygen atoms in total. The number of alkyl halides is 1. The smallest absolute Gasteiger partial charge is 0.163 e. The molecule has 1 unspecified atom stereocenters. The van der Waals surface area contributed by atoms with Gasteiger partial charge in [-0.25, -0.2) is 23.1 Å². The average Bonchev–Trinajstić information content (AvgIpc) is 3.20. The van der Waals surface area contributed by atoms with Gasteiger partial charge in [-0.1, -0.05) is 48.6 Å². The second-order valence-corrected chi connectivity index (χ2v) is 7.52. The zero-order valence-electron chi connectivity index (χ0n) is 17.8. The molecule has 0 spiro atoms. The maximum atomic E-state index is 14.3. The van der Waals surface area contributed by atoms with Gasteiger partial charge < -0.3 is 4.57 Å². The van der Waals surface area contributed by atoms with E-state index in [-0.39, 0.29) is 17.2 Å². The van der Waals surface area contributed by atoms with Crippen LogP contribution < -0.4 is 0 Å². The number of aromatic nitrogens is 3. The maximum absolute atomic E-state index is 14.3. The van der Waals surface area contributed by atoms with E-state index in [0.29, 0.717) is 17.9 Å². The highest BCUT2D eigenvalue weighted by molar-refractivity contribution is 5.75. The van der Waals surface area contributed by atoms with Crippen molar-refractivity contribution in [1.29, 1.82) is 0 Å². The van der Waals surface area contributed by atoms with E-state index in [1.165, 1.54) is 18.2 Å². The fourth-order valence-electron chi connectivity index (χ4n) is 3.49. The van der Waals surface area contributed by atoms with Gasteiger partial charge in [0.2, 0.25) is 0 Å². The summed E-state index contributed by atoms with van der Waals surface area (Å²) >= 11 is 0. The van der Waals surface area contributed by atoms with E-state index in [1.807, 2.05) is 47.3 Å². The highest BCUT2D eigenvalue weighted by Crippen LogP contribution is 2.28. The molecular weight excluding hydrogens is 411 g/mol. The molecule has 0 radical (unpaired) electrons. The van der Waals surface area contributed by atoms with E-state index in [1.54, 1.807) is 25.1 Å². The van der Waals surface area contributed by atoms with Gasteiger partial charge in [0.15, 0.2) is 5.82 Å². The summed E-state index contributed by atoms with van der Waals surface area (Å²) in [6.07, 6.45) is 5.08. The van der Waals surface area contributed by atoms with Crippen LogP contribution in [0.15, 0.2) is 85.0 Å². The SMILES string of the molecule is C/C=C\C(=C(\F)C(C)F)c1nc2ccn(Cc3ccc(-c4cccc(F)c4)cc3)cc-2n1. The van der Waals surface area contributed by atoms with Crippen molar-refractivity contribution in [2.45, 2.75) is 26.6 Å². The average molecular weight is 433 g/mol. The Balaban J connectivity index is 1.58. The first-order valence-corrected chi connectivity index (χ1v) is 10.3. The summed E-state index contributed by atoms with van der Waals surface area (Å²) in [6.45, 7) is 3.47. The van der Waals surface area contributed by atoms with Crippen LogP contribution in [0.5, 0.6) is 0 Å². The summed E-state index contributed by atoms with van der Waals surface area (Å²) < 4.78 is 43.2. The number of imidazole rings is 1. The second-order valence-electron chi connectivity index (χ2n) is 7.52. The van der Waals surface area contributed by atoms with Gasteiger partial charge in [0, 0.05) is 18.9 Å². The Bertz CT molecular complexity index is 1250. The number of hydrogen-bond donors (Lipinski definition) is 0. The molecular formula is C26H22F3N3. The molecule has 2 aliphatic heterocycles. The molecule has 2 aromatic rings. The van der Waals surface area contributed by atoms with Gasteiger partial charge in [-0.2, -0.15) is 0 Å². The molecule has 0 bridgehead atoms. The van der Waals surface area contributed by atoms with Crippen molar-refractivity contribution in [1.82, 2.24) is 14.5 Å². The van der Waals surface area contributed by atoms with Crippen molar-refractivity contribution in [3.63, 3.8) is 0 Å². The number of fused-ring (bicyclic) bond motifs is 1. The van der Waals surface area contributed by atoms with E-state index in [0.717, 1.165) is 23.6 Å². The van der Waals surface area contributed by atoms with E-state index < -0.39 is 12.0 Å². The number of halogens is 3. The van der Waals surface area contributed by atoms with Crippen LogP contribution in [0.2, 0.25) is 0 Å². The van der Waals surface area contributed by atoms with Crippen molar-refractivity contribution in [3.8, 4) is 22.5 Å². The molecule has 162 valence electrons. The number of hydrogen-bond acceptors (Lipinski definition) is 2. The van der Waals surface area contributed by atoms with Crippen molar-refractivity contribution < 1.29 is 13.2 Å². The lowest BCUT2D eigenvalue weighted by molar-refractivity contribution is 0.352. The van der Waals surface area contributed by atoms with Crippen LogP contribution in [0.25, 0.3) is 28.1 Å². The minimum absolute atomic E-state index is 0.0539. The molecule has 0 saturated carbocycles. The molecule has 6 heteroatoms. The van der Waals surface area contributed by atoms with Gasteiger partial charge in [0.05, 0.1) is 11.3 Å². The first kappa shape index (κ1) is 21.6. The molecule has 32 heavy (non-hydrogen) atoms. The molecule has 4 rings (SSSR count). The Morgan fingerprint density at radius 3 is 2.47 bits per heavy atom. The van der Waals surface area contributed by atoms with E-state index in [4.69, 9.17) is 0 Å². The third-order valence-corrected chi connectivity index (χ3v) is 5.08. The Morgan fingerprint density at radius 1 is 1.03 bits per heavy atom. The Hall–Kier alpha value is -3.67. The molecule has 2 aliphatic rings. The molecule has 0 fully saturated rings. The van der Waals surface area contributed by atoms with E-state index in [9.17, 15) is 13.2 Å². The van der Waals surface area contributed by atoms with Crippen molar-refractivity contribution >= 4 is 5.57 Å². The Morgan fingerprint density at radius 2 is 1.78 bits per heavy atom. The van der Waals surface area contributed by atoms with Crippen LogP contribution in [0.1, 0.15) is 25.2 Å². The third kappa shape index (κ3) is 4.64. The van der Waals surface area contributed by atoms with Crippen LogP contribution in [0, 0.1) is 5.82 Å². The fraction of sp³-hybridized carbons (Fsp3) is 0.154. The van der Waals surface area contributed by atoms with Crippen LogP contribution in [0.4, 0.5) is 13.2 Å². The van der Waals surface area contributed by atoms with Crippen LogP contribution in [-0.4, -0.2) is 20.7 Å². The summed E-state index contributed by atoms with van der Waals surface area (Å²) in [7, 11) is 0. The summed E-state index contributed by atoms with van der Waals surface area (Å²) in [4.78, 5) is 8.78. The third-order valence-electron chi connectivity index (χ3n) is 5.08. The molecule has 0 amide bonds. The maximum Gasteiger partial charge on any atom is 0.163 e. The molecule has 0 N–H and O–H groups in total. The zero-order valence-corrected chi connectivity index (χ0v) is 17.8. The van der Waals surface area contributed by atoms with Gasteiger partial charge in [-0.15, -0.1) is 0 Å². The molecule has 0 saturated heterocycles. The van der Waals surface area contributed by atoms with Gasteiger partial charge in [-0.05, 0) is 48.7 Å². The zero-order chi connectivity index (χ0) is 22.7. The summed E-state index contributed by atoms with van der Waals surface area (Å²) in [5, 5.41) is 0. The van der Waals surface area contributed by atoms with Crippen LogP contribution in [0.3, 0.4) is 0 Å².